The van der Waals surface area contributed by atoms with E-state index in [1.165, 1.54) is 0 Å². The number of rotatable bonds is 3. The fraction of sp³-hybridized carbons (Fsp3) is 0.0769. The van der Waals surface area contributed by atoms with Crippen LogP contribution in [-0.2, 0) is 0 Å². The largest absolute Gasteiger partial charge is 0.494 e. The Morgan fingerprint density at radius 1 is 1.28 bits per heavy atom. The number of nitrogens with zero attached hydrogens (tertiary/aromatic N) is 1. The van der Waals surface area contributed by atoms with Crippen molar-refractivity contribution < 1.29 is 4.74 Å². The Balaban J connectivity index is 2.19. The van der Waals surface area contributed by atoms with Crippen molar-refractivity contribution in [1.29, 1.82) is 5.41 Å². The van der Waals surface area contributed by atoms with E-state index in [2.05, 4.69) is 10.3 Å². The molecular weight excluding hydrogens is 250 g/mol. The number of hydrogen-bond donors (Lipinski definition) is 2. The molecule has 0 fully saturated rings. The highest BCUT2D eigenvalue weighted by Gasteiger charge is 2.09. The van der Waals surface area contributed by atoms with Gasteiger partial charge >= 0.3 is 0 Å². The molecule has 2 N–H and O–H groups in total. The molecule has 0 amide bonds. The Morgan fingerprint density at radius 3 is 2.67 bits per heavy atom. The first-order valence-corrected chi connectivity index (χ1v) is 5.69. The van der Waals surface area contributed by atoms with Gasteiger partial charge in [0.05, 0.1) is 7.11 Å². The Kier molecular flexibility index (Phi) is 3.79. The molecule has 0 saturated heterocycles. The number of methoxy groups -OCH3 is 1. The molecule has 0 aliphatic carbocycles. The van der Waals surface area contributed by atoms with Crippen LogP contribution in [0.3, 0.4) is 0 Å². The van der Waals surface area contributed by atoms with E-state index in [0.717, 1.165) is 5.69 Å². The minimum Gasteiger partial charge on any atom is -0.494 e. The van der Waals surface area contributed by atoms with E-state index in [-0.39, 0.29) is 5.84 Å². The van der Waals surface area contributed by atoms with Gasteiger partial charge in [0.1, 0.15) is 11.4 Å². The van der Waals surface area contributed by atoms with Crippen LogP contribution in [0, 0.1) is 5.41 Å². The van der Waals surface area contributed by atoms with E-state index in [9.17, 15) is 0 Å². The van der Waals surface area contributed by atoms with Crippen LogP contribution >= 0.6 is 11.6 Å². The molecule has 0 atom stereocenters. The smallest absolute Gasteiger partial charge is 0.152 e. The molecule has 4 nitrogen and oxygen atoms in total. The first-order valence-electron chi connectivity index (χ1n) is 5.31. The number of ether oxygens (including phenoxy) is 1. The van der Waals surface area contributed by atoms with Crippen LogP contribution < -0.4 is 10.1 Å². The second-order valence-electron chi connectivity index (χ2n) is 3.56. The molecule has 5 heteroatoms. The summed E-state index contributed by atoms with van der Waals surface area (Å²) in [7, 11) is 1.55. The van der Waals surface area contributed by atoms with Crippen molar-refractivity contribution in [3.05, 3.63) is 53.3 Å². The summed E-state index contributed by atoms with van der Waals surface area (Å²) in [6.07, 6.45) is 1.62. The average molecular weight is 262 g/mol. The average Bonchev–Trinajstić information content (AvgIpc) is 2.41. The van der Waals surface area contributed by atoms with Crippen LogP contribution in [0.25, 0.3) is 0 Å². The standard InChI is InChI=1S/C13H12ClN3O/c1-18-11-3-2-8-16-12(11)13(15)17-10-6-4-9(14)5-7-10/h2-8H,1H3,(H2,15,17). The van der Waals surface area contributed by atoms with Crippen LogP contribution in [0.4, 0.5) is 5.69 Å². The Hall–Kier alpha value is -2.07. The van der Waals surface area contributed by atoms with Crippen molar-refractivity contribution in [1.82, 2.24) is 4.98 Å². The van der Waals surface area contributed by atoms with Gasteiger partial charge in [0, 0.05) is 16.9 Å². The van der Waals surface area contributed by atoms with Crippen LogP contribution in [0.15, 0.2) is 42.6 Å². The van der Waals surface area contributed by atoms with E-state index in [4.69, 9.17) is 21.7 Å². The fourth-order valence-corrected chi connectivity index (χ4v) is 1.61. The zero-order valence-corrected chi connectivity index (χ0v) is 10.5. The summed E-state index contributed by atoms with van der Waals surface area (Å²) in [5.41, 5.74) is 1.24. The molecule has 1 aromatic carbocycles. The second kappa shape index (κ2) is 5.51. The molecule has 1 heterocycles. The molecular formula is C13H12ClN3O. The number of aromatic nitrogens is 1. The van der Waals surface area contributed by atoms with Gasteiger partial charge in [-0.25, -0.2) is 4.98 Å². The summed E-state index contributed by atoms with van der Waals surface area (Å²) in [5, 5.41) is 11.6. The number of amidine groups is 1. The Bertz CT molecular complexity index is 554. The number of anilines is 1. The molecule has 0 unspecified atom stereocenters. The number of halogens is 1. The van der Waals surface area contributed by atoms with Crippen LogP contribution in [0.1, 0.15) is 5.69 Å². The van der Waals surface area contributed by atoms with E-state index in [1.807, 2.05) is 0 Å². The lowest BCUT2D eigenvalue weighted by Gasteiger charge is -2.10. The van der Waals surface area contributed by atoms with Crippen molar-refractivity contribution in [3.8, 4) is 5.75 Å². The van der Waals surface area contributed by atoms with Gasteiger partial charge in [0.25, 0.3) is 0 Å². The molecule has 0 aliphatic heterocycles. The highest BCUT2D eigenvalue weighted by atomic mass is 35.5. The van der Waals surface area contributed by atoms with Gasteiger partial charge in [0.2, 0.25) is 0 Å². The van der Waals surface area contributed by atoms with Gasteiger partial charge in [-0.3, -0.25) is 5.41 Å². The van der Waals surface area contributed by atoms with Gasteiger partial charge in [-0.2, -0.15) is 0 Å². The van der Waals surface area contributed by atoms with Crippen LogP contribution in [0.5, 0.6) is 5.75 Å². The van der Waals surface area contributed by atoms with Crippen LogP contribution in [-0.4, -0.2) is 17.9 Å². The molecule has 0 saturated carbocycles. The van der Waals surface area contributed by atoms with E-state index in [1.54, 1.807) is 49.7 Å². The molecule has 1 aromatic heterocycles. The molecule has 0 spiro atoms. The first kappa shape index (κ1) is 12.4. The number of hydrogen-bond acceptors (Lipinski definition) is 3. The van der Waals surface area contributed by atoms with Gasteiger partial charge < -0.3 is 10.1 Å². The first-order chi connectivity index (χ1) is 8.70. The quantitative estimate of drug-likeness (QED) is 0.659. The number of nitrogens with one attached hydrogen (secondary N) is 2. The van der Waals surface area contributed by atoms with Gasteiger partial charge in [-0.1, -0.05) is 11.6 Å². The normalized spacial score (nSPS) is 9.89. The van der Waals surface area contributed by atoms with E-state index >= 15 is 0 Å². The summed E-state index contributed by atoms with van der Waals surface area (Å²) in [5.74, 6) is 0.735. The van der Waals surface area contributed by atoms with Crippen molar-refractivity contribution in [3.63, 3.8) is 0 Å². The lowest BCUT2D eigenvalue weighted by Crippen LogP contribution is -2.14. The topological polar surface area (TPSA) is 58.0 Å². The zero-order valence-electron chi connectivity index (χ0n) is 9.77. The Labute approximate surface area is 110 Å². The summed E-state index contributed by atoms with van der Waals surface area (Å²) >= 11 is 5.80. The molecule has 2 rings (SSSR count). The maximum Gasteiger partial charge on any atom is 0.152 e. The predicted molar refractivity (Wildman–Crippen MR) is 72.7 cm³/mol. The van der Waals surface area contributed by atoms with Gasteiger partial charge in [-0.05, 0) is 36.4 Å². The summed E-state index contributed by atoms with van der Waals surface area (Å²) in [6, 6.07) is 10.6. The van der Waals surface area contributed by atoms with Crippen molar-refractivity contribution >= 4 is 23.1 Å². The highest BCUT2D eigenvalue weighted by molar-refractivity contribution is 6.30. The summed E-state index contributed by atoms with van der Waals surface area (Å²) in [4.78, 5) is 4.13. The van der Waals surface area contributed by atoms with Crippen molar-refractivity contribution in [2.45, 2.75) is 0 Å². The lowest BCUT2D eigenvalue weighted by atomic mass is 10.2. The minimum atomic E-state index is 0.176. The summed E-state index contributed by atoms with van der Waals surface area (Å²) < 4.78 is 5.16. The number of pyridine rings is 1. The molecule has 0 aliphatic rings. The SMILES string of the molecule is COc1cccnc1C(=N)Nc1ccc(Cl)cc1. The predicted octanol–water partition coefficient (Wildman–Crippen LogP) is 3.18. The van der Waals surface area contributed by atoms with Gasteiger partial charge in [-0.15, -0.1) is 0 Å². The third-order valence-electron chi connectivity index (χ3n) is 2.34. The van der Waals surface area contributed by atoms with E-state index < -0.39 is 0 Å². The molecule has 0 bridgehead atoms. The highest BCUT2D eigenvalue weighted by Crippen LogP contribution is 2.18. The molecule has 2 aromatic rings. The third-order valence-corrected chi connectivity index (χ3v) is 2.59. The second-order valence-corrected chi connectivity index (χ2v) is 4.00. The minimum absolute atomic E-state index is 0.176. The maximum atomic E-state index is 7.98. The Morgan fingerprint density at radius 2 is 2.00 bits per heavy atom. The number of benzene rings is 1. The maximum absolute atomic E-state index is 7.98. The molecule has 18 heavy (non-hydrogen) atoms. The van der Waals surface area contributed by atoms with Crippen molar-refractivity contribution in [2.75, 3.05) is 12.4 Å². The molecule has 92 valence electrons. The van der Waals surface area contributed by atoms with E-state index in [0.29, 0.717) is 16.5 Å². The summed E-state index contributed by atoms with van der Waals surface area (Å²) in [6.45, 7) is 0. The third kappa shape index (κ3) is 2.78. The lowest BCUT2D eigenvalue weighted by molar-refractivity contribution is 0.412. The molecule has 0 radical (unpaired) electrons. The van der Waals surface area contributed by atoms with Gasteiger partial charge in [0.15, 0.2) is 5.84 Å². The zero-order chi connectivity index (χ0) is 13.0. The van der Waals surface area contributed by atoms with Crippen molar-refractivity contribution in [2.24, 2.45) is 0 Å². The van der Waals surface area contributed by atoms with Crippen LogP contribution in [0.2, 0.25) is 5.02 Å². The monoisotopic (exact) mass is 261 g/mol. The fourth-order valence-electron chi connectivity index (χ4n) is 1.48.